The first kappa shape index (κ1) is 17.2. The van der Waals surface area contributed by atoms with Crippen LogP contribution in [0.15, 0.2) is 91.0 Å². The molecule has 0 radical (unpaired) electrons. The molecule has 0 heterocycles. The smallest absolute Gasteiger partial charge is 0.314 e. The van der Waals surface area contributed by atoms with Gasteiger partial charge in [-0.25, -0.2) is 0 Å². The van der Waals surface area contributed by atoms with Crippen LogP contribution in [0.5, 0.6) is 0 Å². The van der Waals surface area contributed by atoms with Crippen molar-refractivity contribution >= 4 is 23.7 Å². The monoisotopic (exact) mass is 350 g/mol. The molecule has 0 aliphatic rings. The van der Waals surface area contributed by atoms with Crippen LogP contribution in [0.4, 0.5) is 0 Å². The maximum absolute atomic E-state index is 14.2. The third kappa shape index (κ3) is 3.57. The van der Waals surface area contributed by atoms with Crippen LogP contribution >= 0.6 is 7.14 Å². The summed E-state index contributed by atoms with van der Waals surface area (Å²) in [6.07, 6.45) is 0.219. The van der Waals surface area contributed by atoms with Gasteiger partial charge in [-0.1, -0.05) is 91.0 Å². The van der Waals surface area contributed by atoms with Crippen LogP contribution < -0.4 is 10.6 Å². The number of benzene rings is 3. The Balaban J connectivity index is 2.15. The van der Waals surface area contributed by atoms with Crippen LogP contribution in [0.1, 0.15) is 5.56 Å². The number of carbonyl (C=O) groups is 1. The van der Waals surface area contributed by atoms with Gasteiger partial charge < -0.3 is 9.67 Å². The van der Waals surface area contributed by atoms with Crippen LogP contribution in [0.25, 0.3) is 0 Å². The fourth-order valence-corrected chi connectivity index (χ4v) is 6.04. The highest BCUT2D eigenvalue weighted by Gasteiger charge is 2.41. The molecule has 4 heteroatoms. The number of carboxylic acid groups (broad SMARTS) is 1. The van der Waals surface area contributed by atoms with E-state index in [0.29, 0.717) is 10.6 Å². The second-order valence-corrected chi connectivity index (χ2v) is 8.84. The summed E-state index contributed by atoms with van der Waals surface area (Å²) in [7, 11) is -3.36. The minimum absolute atomic E-state index is 0.219. The van der Waals surface area contributed by atoms with E-state index in [2.05, 4.69) is 0 Å². The van der Waals surface area contributed by atoms with E-state index in [9.17, 15) is 14.5 Å². The van der Waals surface area contributed by atoms with Crippen molar-refractivity contribution in [2.75, 3.05) is 0 Å². The molecule has 0 unspecified atom stereocenters. The average molecular weight is 350 g/mol. The standard InChI is InChI=1S/C21H19O3P/c22-21(23)20(16-17-10-4-1-5-11-17)25(24,18-12-6-2-7-13-18)19-14-8-3-9-15-19/h1-15,20H,16H2,(H,22,23)/t20-/m0/s1. The highest BCUT2D eigenvalue weighted by molar-refractivity contribution is 7.80. The van der Waals surface area contributed by atoms with Gasteiger partial charge in [0.25, 0.3) is 0 Å². The Morgan fingerprint density at radius 3 is 1.56 bits per heavy atom. The van der Waals surface area contributed by atoms with Gasteiger partial charge in [-0.05, 0) is 12.0 Å². The molecule has 126 valence electrons. The molecule has 0 fully saturated rings. The average Bonchev–Trinajstić information content (AvgIpc) is 2.67. The summed E-state index contributed by atoms with van der Waals surface area (Å²) in [5, 5.41) is 11.1. The van der Waals surface area contributed by atoms with E-state index in [4.69, 9.17) is 0 Å². The highest BCUT2D eigenvalue weighted by Crippen LogP contribution is 2.49. The first-order valence-corrected chi connectivity index (χ1v) is 9.87. The fourth-order valence-electron chi connectivity index (χ4n) is 3.02. The highest BCUT2D eigenvalue weighted by atomic mass is 31.2. The van der Waals surface area contributed by atoms with Crippen LogP contribution in [0.2, 0.25) is 0 Å². The quantitative estimate of drug-likeness (QED) is 0.690. The van der Waals surface area contributed by atoms with Gasteiger partial charge in [0, 0.05) is 10.6 Å². The van der Waals surface area contributed by atoms with Crippen molar-refractivity contribution < 1.29 is 14.5 Å². The molecule has 0 aliphatic carbocycles. The minimum atomic E-state index is -3.36. The van der Waals surface area contributed by atoms with Crippen molar-refractivity contribution in [3.8, 4) is 0 Å². The molecule has 0 amide bonds. The van der Waals surface area contributed by atoms with E-state index in [1.165, 1.54) is 0 Å². The Labute approximate surface area is 147 Å². The predicted molar refractivity (Wildman–Crippen MR) is 101 cm³/mol. The van der Waals surface area contributed by atoms with Crippen LogP contribution in [0.3, 0.4) is 0 Å². The second kappa shape index (κ2) is 7.50. The van der Waals surface area contributed by atoms with Crippen molar-refractivity contribution in [3.05, 3.63) is 96.6 Å². The first-order chi connectivity index (χ1) is 12.1. The molecule has 3 aromatic rings. The lowest BCUT2D eigenvalue weighted by Gasteiger charge is -2.26. The molecule has 25 heavy (non-hydrogen) atoms. The van der Waals surface area contributed by atoms with Gasteiger partial charge >= 0.3 is 5.97 Å². The molecule has 3 aromatic carbocycles. The van der Waals surface area contributed by atoms with Gasteiger partial charge in [0.2, 0.25) is 0 Å². The summed E-state index contributed by atoms with van der Waals surface area (Å²) in [5.41, 5.74) is -0.151. The topological polar surface area (TPSA) is 54.4 Å². The molecule has 0 bridgehead atoms. The number of hydrogen-bond donors (Lipinski definition) is 1. The Morgan fingerprint density at radius 1 is 0.760 bits per heavy atom. The van der Waals surface area contributed by atoms with Crippen molar-refractivity contribution in [1.29, 1.82) is 0 Å². The molecule has 0 saturated carbocycles. The number of aliphatic carboxylic acids is 1. The maximum atomic E-state index is 14.2. The largest absolute Gasteiger partial charge is 0.481 e. The number of rotatable bonds is 6. The van der Waals surface area contributed by atoms with Gasteiger partial charge in [-0.3, -0.25) is 4.79 Å². The molecule has 1 atom stereocenters. The third-order valence-electron chi connectivity index (χ3n) is 4.28. The minimum Gasteiger partial charge on any atom is -0.481 e. The zero-order chi connectivity index (χ0) is 17.7. The Kier molecular flexibility index (Phi) is 5.16. The van der Waals surface area contributed by atoms with Crippen LogP contribution in [0, 0.1) is 0 Å². The van der Waals surface area contributed by atoms with Gasteiger partial charge in [0.1, 0.15) is 5.66 Å². The Bertz CT molecular complexity index is 833. The zero-order valence-corrected chi connectivity index (χ0v) is 14.6. The van der Waals surface area contributed by atoms with E-state index in [1.807, 2.05) is 42.5 Å². The predicted octanol–water partition coefficient (Wildman–Crippen LogP) is 3.70. The second-order valence-electron chi connectivity index (χ2n) is 5.87. The summed E-state index contributed by atoms with van der Waals surface area (Å²) in [6.45, 7) is 0. The SMILES string of the molecule is O=C(O)[C@H](Cc1ccccc1)P(=O)(c1ccccc1)c1ccccc1. The summed E-state index contributed by atoms with van der Waals surface area (Å²) < 4.78 is 14.2. The molecule has 0 aromatic heterocycles. The van der Waals surface area contributed by atoms with E-state index in [1.54, 1.807) is 48.5 Å². The molecule has 0 saturated heterocycles. The molecule has 1 N–H and O–H groups in total. The first-order valence-electron chi connectivity index (χ1n) is 8.10. The normalized spacial score (nSPS) is 12.5. The van der Waals surface area contributed by atoms with Crippen molar-refractivity contribution in [2.45, 2.75) is 12.1 Å². The summed E-state index contributed by atoms with van der Waals surface area (Å²) in [4.78, 5) is 12.1. The van der Waals surface area contributed by atoms with E-state index < -0.39 is 18.8 Å². The third-order valence-corrected chi connectivity index (χ3v) is 7.69. The van der Waals surface area contributed by atoms with E-state index in [-0.39, 0.29) is 6.42 Å². The summed E-state index contributed by atoms with van der Waals surface area (Å²) >= 11 is 0. The lowest BCUT2D eigenvalue weighted by Crippen LogP contribution is -2.33. The Morgan fingerprint density at radius 2 is 1.16 bits per heavy atom. The summed E-state index contributed by atoms with van der Waals surface area (Å²) in [5.74, 6) is -1.04. The Hall–Kier alpha value is -2.64. The van der Waals surface area contributed by atoms with Gasteiger partial charge in [-0.2, -0.15) is 0 Å². The molecule has 3 nitrogen and oxygen atoms in total. The number of carboxylic acids is 1. The van der Waals surface area contributed by atoms with Crippen molar-refractivity contribution in [2.24, 2.45) is 0 Å². The lowest BCUT2D eigenvalue weighted by molar-refractivity contribution is -0.136. The number of hydrogen-bond acceptors (Lipinski definition) is 2. The molecule has 3 rings (SSSR count). The van der Waals surface area contributed by atoms with Gasteiger partial charge in [-0.15, -0.1) is 0 Å². The van der Waals surface area contributed by atoms with Crippen LogP contribution in [-0.2, 0) is 15.8 Å². The maximum Gasteiger partial charge on any atom is 0.314 e. The van der Waals surface area contributed by atoms with E-state index >= 15 is 0 Å². The molecular formula is C21H19O3P. The fraction of sp³-hybridized carbons (Fsp3) is 0.0952. The van der Waals surface area contributed by atoms with Crippen LogP contribution in [-0.4, -0.2) is 16.7 Å². The van der Waals surface area contributed by atoms with Gasteiger partial charge in [0.15, 0.2) is 7.14 Å². The summed E-state index contributed by atoms with van der Waals surface area (Å²) in [6, 6.07) is 27.3. The molecule has 0 spiro atoms. The van der Waals surface area contributed by atoms with E-state index in [0.717, 1.165) is 5.56 Å². The molecule has 0 aliphatic heterocycles. The van der Waals surface area contributed by atoms with Crippen molar-refractivity contribution in [3.63, 3.8) is 0 Å². The van der Waals surface area contributed by atoms with Crippen molar-refractivity contribution in [1.82, 2.24) is 0 Å². The lowest BCUT2D eigenvalue weighted by atomic mass is 10.1. The van der Waals surface area contributed by atoms with Gasteiger partial charge in [0.05, 0.1) is 0 Å². The zero-order valence-electron chi connectivity index (χ0n) is 13.7. The molecular weight excluding hydrogens is 331 g/mol.